The monoisotopic (exact) mass is 365 g/mol. The summed E-state index contributed by atoms with van der Waals surface area (Å²) in [7, 11) is 5.11. The Labute approximate surface area is 160 Å². The zero-order valence-corrected chi connectivity index (χ0v) is 16.5. The van der Waals surface area contributed by atoms with Gasteiger partial charge in [0, 0.05) is 28.8 Å². The first-order chi connectivity index (χ1) is 13.2. The second kappa shape index (κ2) is 7.18. The second-order valence-electron chi connectivity index (χ2n) is 7.19. The number of hydrogen-bond donors (Lipinski definition) is 0. The van der Waals surface area contributed by atoms with Crippen LogP contribution >= 0.6 is 0 Å². The number of unbranched alkanes of at least 4 members (excludes halogenated alkanes) is 1. The number of rotatable bonds is 6. The minimum absolute atomic E-state index is 0.440. The molecule has 2 aromatic carbocycles. The summed E-state index contributed by atoms with van der Waals surface area (Å²) < 4.78 is 19.0. The topological polar surface area (TPSA) is 32.6 Å². The number of nitrogens with zero attached hydrogens (tertiary/aromatic N) is 1. The van der Waals surface area contributed by atoms with E-state index >= 15 is 0 Å². The van der Waals surface area contributed by atoms with Gasteiger partial charge in [-0.2, -0.15) is 0 Å². The fourth-order valence-electron chi connectivity index (χ4n) is 4.29. The normalized spacial score (nSPS) is 15.3. The summed E-state index contributed by atoms with van der Waals surface area (Å²) in [6.07, 6.45) is 4.61. The largest absolute Gasteiger partial charge is 0.497 e. The standard InChI is InChI=1S/C23H27NO3/c1-5-6-7-17-10-15-11-18(25-2)8-9-19(15)21-12-16-13-22(26-3)23(27-4)14-20(16)24(17)21/h8-9,11-14,17H,5-7,10H2,1-4H3. The molecule has 3 aromatic rings. The summed E-state index contributed by atoms with van der Waals surface area (Å²) in [5, 5.41) is 1.19. The summed E-state index contributed by atoms with van der Waals surface area (Å²) in [5.41, 5.74) is 5.14. The van der Waals surface area contributed by atoms with Crippen molar-refractivity contribution in [3.8, 4) is 28.5 Å². The fourth-order valence-corrected chi connectivity index (χ4v) is 4.29. The van der Waals surface area contributed by atoms with Gasteiger partial charge in [0.15, 0.2) is 11.5 Å². The SMILES string of the molecule is CCCCC1Cc2cc(OC)ccc2-c2cc3cc(OC)c(OC)cc3n21. The van der Waals surface area contributed by atoms with Gasteiger partial charge in [0.1, 0.15) is 5.75 Å². The van der Waals surface area contributed by atoms with Crippen molar-refractivity contribution in [3.05, 3.63) is 42.0 Å². The van der Waals surface area contributed by atoms with Gasteiger partial charge in [-0.1, -0.05) is 19.8 Å². The molecule has 4 nitrogen and oxygen atoms in total. The molecule has 0 saturated carbocycles. The van der Waals surface area contributed by atoms with Crippen molar-refractivity contribution in [1.82, 2.24) is 4.57 Å². The Morgan fingerprint density at radius 2 is 1.74 bits per heavy atom. The molecular formula is C23H27NO3. The molecule has 0 aliphatic carbocycles. The predicted octanol–water partition coefficient (Wildman–Crippen LogP) is 5.62. The van der Waals surface area contributed by atoms with E-state index in [0.717, 1.165) is 30.1 Å². The van der Waals surface area contributed by atoms with Crippen molar-refractivity contribution >= 4 is 10.9 Å². The minimum Gasteiger partial charge on any atom is -0.497 e. The molecule has 0 saturated heterocycles. The van der Waals surface area contributed by atoms with E-state index in [2.05, 4.69) is 41.8 Å². The van der Waals surface area contributed by atoms with Gasteiger partial charge in [-0.15, -0.1) is 0 Å². The first kappa shape index (κ1) is 17.8. The van der Waals surface area contributed by atoms with Crippen LogP contribution in [0.1, 0.15) is 37.8 Å². The number of fused-ring (bicyclic) bond motifs is 5. The van der Waals surface area contributed by atoms with Crippen molar-refractivity contribution in [2.75, 3.05) is 21.3 Å². The fraction of sp³-hybridized carbons (Fsp3) is 0.391. The Morgan fingerprint density at radius 1 is 0.963 bits per heavy atom. The highest BCUT2D eigenvalue weighted by Gasteiger charge is 2.27. The number of aromatic nitrogens is 1. The molecule has 0 amide bonds. The molecular weight excluding hydrogens is 338 g/mol. The smallest absolute Gasteiger partial charge is 0.162 e. The molecule has 142 valence electrons. The summed E-state index contributed by atoms with van der Waals surface area (Å²) in [6.45, 7) is 2.25. The molecule has 2 heterocycles. The second-order valence-corrected chi connectivity index (χ2v) is 7.19. The lowest BCUT2D eigenvalue weighted by Crippen LogP contribution is -2.18. The van der Waals surface area contributed by atoms with Crippen LogP contribution in [0, 0.1) is 0 Å². The maximum Gasteiger partial charge on any atom is 0.162 e. The van der Waals surface area contributed by atoms with Gasteiger partial charge < -0.3 is 18.8 Å². The lowest BCUT2D eigenvalue weighted by Gasteiger charge is -2.29. The van der Waals surface area contributed by atoms with Crippen LogP contribution in [0.5, 0.6) is 17.2 Å². The van der Waals surface area contributed by atoms with Gasteiger partial charge in [0.05, 0.1) is 26.8 Å². The molecule has 4 heteroatoms. The van der Waals surface area contributed by atoms with Crippen LogP contribution in [-0.2, 0) is 6.42 Å². The Kier molecular flexibility index (Phi) is 4.73. The third-order valence-electron chi connectivity index (χ3n) is 5.64. The van der Waals surface area contributed by atoms with E-state index in [1.807, 2.05) is 6.07 Å². The van der Waals surface area contributed by atoms with Crippen LogP contribution in [-0.4, -0.2) is 25.9 Å². The highest BCUT2D eigenvalue weighted by molar-refractivity contribution is 5.91. The van der Waals surface area contributed by atoms with Crippen molar-refractivity contribution in [2.45, 2.75) is 38.6 Å². The van der Waals surface area contributed by atoms with E-state index < -0.39 is 0 Å². The maximum absolute atomic E-state index is 5.57. The van der Waals surface area contributed by atoms with E-state index in [1.165, 1.54) is 40.6 Å². The van der Waals surface area contributed by atoms with Gasteiger partial charge >= 0.3 is 0 Å². The summed E-state index contributed by atoms with van der Waals surface area (Å²) in [5.74, 6) is 2.48. The molecule has 27 heavy (non-hydrogen) atoms. The molecule has 1 unspecified atom stereocenters. The van der Waals surface area contributed by atoms with Crippen molar-refractivity contribution in [1.29, 1.82) is 0 Å². The first-order valence-electron chi connectivity index (χ1n) is 9.64. The summed E-state index contributed by atoms with van der Waals surface area (Å²) in [6, 6.07) is 13.3. The Hall–Kier alpha value is -2.62. The molecule has 0 N–H and O–H groups in total. The van der Waals surface area contributed by atoms with E-state index in [1.54, 1.807) is 21.3 Å². The highest BCUT2D eigenvalue weighted by atomic mass is 16.5. The van der Waals surface area contributed by atoms with E-state index in [9.17, 15) is 0 Å². The number of benzene rings is 2. The lowest BCUT2D eigenvalue weighted by molar-refractivity contribution is 0.355. The molecule has 1 aliphatic rings. The zero-order valence-electron chi connectivity index (χ0n) is 16.5. The summed E-state index contributed by atoms with van der Waals surface area (Å²) >= 11 is 0. The van der Waals surface area contributed by atoms with Crippen LogP contribution in [0.4, 0.5) is 0 Å². The van der Waals surface area contributed by atoms with Gasteiger partial charge in [-0.05, 0) is 48.7 Å². The van der Waals surface area contributed by atoms with E-state index in [0.29, 0.717) is 6.04 Å². The molecule has 0 fully saturated rings. The number of methoxy groups -OCH3 is 3. The molecule has 0 spiro atoms. The zero-order chi connectivity index (χ0) is 19.0. The van der Waals surface area contributed by atoms with Gasteiger partial charge in [-0.25, -0.2) is 0 Å². The minimum atomic E-state index is 0.440. The van der Waals surface area contributed by atoms with Gasteiger partial charge in [-0.3, -0.25) is 0 Å². The first-order valence-corrected chi connectivity index (χ1v) is 9.64. The number of ether oxygens (including phenoxy) is 3. The molecule has 0 bridgehead atoms. The highest BCUT2D eigenvalue weighted by Crippen LogP contribution is 2.44. The van der Waals surface area contributed by atoms with Crippen LogP contribution in [0.15, 0.2) is 36.4 Å². The van der Waals surface area contributed by atoms with Crippen molar-refractivity contribution in [3.63, 3.8) is 0 Å². The quantitative estimate of drug-likeness (QED) is 0.568. The average Bonchev–Trinajstić information content (AvgIpc) is 3.08. The Bertz CT molecular complexity index is 973. The molecule has 1 atom stereocenters. The summed E-state index contributed by atoms with van der Waals surface area (Å²) in [4.78, 5) is 0. The van der Waals surface area contributed by atoms with Crippen LogP contribution in [0.2, 0.25) is 0 Å². The van der Waals surface area contributed by atoms with Crippen LogP contribution < -0.4 is 14.2 Å². The molecule has 1 aromatic heterocycles. The van der Waals surface area contributed by atoms with Crippen molar-refractivity contribution < 1.29 is 14.2 Å². The van der Waals surface area contributed by atoms with E-state index in [-0.39, 0.29) is 0 Å². The third kappa shape index (κ3) is 2.93. The van der Waals surface area contributed by atoms with Gasteiger partial charge in [0.25, 0.3) is 0 Å². The Balaban J connectivity index is 1.94. The van der Waals surface area contributed by atoms with Gasteiger partial charge in [0.2, 0.25) is 0 Å². The average molecular weight is 365 g/mol. The predicted molar refractivity (Wildman–Crippen MR) is 109 cm³/mol. The molecule has 4 rings (SSSR count). The van der Waals surface area contributed by atoms with Crippen LogP contribution in [0.25, 0.3) is 22.2 Å². The Morgan fingerprint density at radius 3 is 2.44 bits per heavy atom. The number of hydrogen-bond acceptors (Lipinski definition) is 3. The van der Waals surface area contributed by atoms with Crippen molar-refractivity contribution in [2.24, 2.45) is 0 Å². The lowest BCUT2D eigenvalue weighted by atomic mass is 9.91. The van der Waals surface area contributed by atoms with E-state index in [4.69, 9.17) is 14.2 Å². The van der Waals surface area contributed by atoms with Crippen LogP contribution in [0.3, 0.4) is 0 Å². The molecule has 1 aliphatic heterocycles. The maximum atomic E-state index is 5.57. The third-order valence-corrected chi connectivity index (χ3v) is 5.64. The molecule has 0 radical (unpaired) electrons.